The summed E-state index contributed by atoms with van der Waals surface area (Å²) in [5.41, 5.74) is 3.11. The second-order valence-corrected chi connectivity index (χ2v) is 3.68. The summed E-state index contributed by atoms with van der Waals surface area (Å²) < 4.78 is 5.19. The summed E-state index contributed by atoms with van der Waals surface area (Å²) in [6.07, 6.45) is 3.77. The monoisotopic (exact) mass is 203 g/mol. The molecule has 79 valence electrons. The molecule has 0 aliphatic carbocycles. The molecule has 1 heterocycles. The third kappa shape index (κ3) is 2.05. The van der Waals surface area contributed by atoms with Crippen molar-refractivity contribution in [1.82, 2.24) is 0 Å². The van der Waals surface area contributed by atoms with Crippen LogP contribution in [0.4, 0.5) is 0 Å². The Labute approximate surface area is 90.2 Å². The summed E-state index contributed by atoms with van der Waals surface area (Å²) in [5, 5.41) is 9.63. The minimum absolute atomic E-state index is 0.815. The van der Waals surface area contributed by atoms with E-state index in [9.17, 15) is 5.11 Å². The Morgan fingerprint density at radius 3 is 2.93 bits per heavy atom. The van der Waals surface area contributed by atoms with E-state index in [2.05, 4.69) is 6.92 Å². The van der Waals surface area contributed by atoms with Gasteiger partial charge in [-0.15, -0.1) is 0 Å². The maximum Gasteiger partial charge on any atom is 0.223 e. The standard InChI is InChI=1S/C13H15O2/c1-2-3-6-10-9-15-13(14)12-8-5-4-7-11(10)12/h4-5,7-9,13-14H,1-3,6H2. The van der Waals surface area contributed by atoms with Gasteiger partial charge < -0.3 is 9.84 Å². The van der Waals surface area contributed by atoms with Crippen LogP contribution in [0.15, 0.2) is 30.5 Å². The first kappa shape index (κ1) is 10.2. The predicted molar refractivity (Wildman–Crippen MR) is 59.7 cm³/mol. The van der Waals surface area contributed by atoms with Crippen molar-refractivity contribution in [3.8, 4) is 0 Å². The zero-order valence-electron chi connectivity index (χ0n) is 8.65. The molecule has 0 amide bonds. The maximum atomic E-state index is 9.63. The van der Waals surface area contributed by atoms with Crippen molar-refractivity contribution in [1.29, 1.82) is 0 Å². The molecule has 0 saturated heterocycles. The smallest absolute Gasteiger partial charge is 0.223 e. The van der Waals surface area contributed by atoms with E-state index in [1.165, 1.54) is 0 Å². The van der Waals surface area contributed by atoms with Gasteiger partial charge in [0.15, 0.2) is 0 Å². The molecule has 1 aliphatic heterocycles. The van der Waals surface area contributed by atoms with Crippen molar-refractivity contribution in [2.45, 2.75) is 25.6 Å². The number of rotatable bonds is 3. The number of unbranched alkanes of at least 4 members (excludes halogenated alkanes) is 1. The van der Waals surface area contributed by atoms with Gasteiger partial charge >= 0.3 is 0 Å². The lowest BCUT2D eigenvalue weighted by Crippen LogP contribution is -2.08. The highest BCUT2D eigenvalue weighted by atomic mass is 16.6. The number of hydrogen-bond acceptors (Lipinski definition) is 2. The fourth-order valence-electron chi connectivity index (χ4n) is 1.80. The highest BCUT2D eigenvalue weighted by molar-refractivity contribution is 5.68. The zero-order valence-corrected chi connectivity index (χ0v) is 8.65. The van der Waals surface area contributed by atoms with Crippen molar-refractivity contribution in [3.63, 3.8) is 0 Å². The Balaban J connectivity index is 2.28. The molecule has 1 N–H and O–H groups in total. The van der Waals surface area contributed by atoms with Gasteiger partial charge in [0, 0.05) is 5.56 Å². The number of ether oxygens (including phenoxy) is 1. The molecule has 2 heteroatoms. The van der Waals surface area contributed by atoms with Crippen LogP contribution in [0.2, 0.25) is 0 Å². The minimum Gasteiger partial charge on any atom is -0.468 e. The van der Waals surface area contributed by atoms with Gasteiger partial charge in [-0.2, -0.15) is 0 Å². The van der Waals surface area contributed by atoms with Crippen molar-refractivity contribution in [3.05, 3.63) is 48.6 Å². The third-order valence-electron chi connectivity index (χ3n) is 2.61. The van der Waals surface area contributed by atoms with E-state index in [4.69, 9.17) is 4.74 Å². The van der Waals surface area contributed by atoms with Crippen molar-refractivity contribution in [2.24, 2.45) is 0 Å². The van der Waals surface area contributed by atoms with Crippen LogP contribution >= 0.6 is 0 Å². The second kappa shape index (κ2) is 4.49. The molecule has 0 saturated carbocycles. The number of aliphatic hydroxyl groups excluding tert-OH is 1. The van der Waals surface area contributed by atoms with E-state index in [-0.39, 0.29) is 0 Å². The molecule has 0 spiro atoms. The zero-order chi connectivity index (χ0) is 10.7. The molecule has 1 aromatic rings. The molecule has 0 aromatic heterocycles. The van der Waals surface area contributed by atoms with Gasteiger partial charge in [0.05, 0.1) is 6.26 Å². The lowest BCUT2D eigenvalue weighted by atomic mass is 9.95. The van der Waals surface area contributed by atoms with Crippen LogP contribution in [0.5, 0.6) is 0 Å². The minimum atomic E-state index is -0.815. The highest BCUT2D eigenvalue weighted by Crippen LogP contribution is 2.33. The van der Waals surface area contributed by atoms with Crippen LogP contribution in [0.1, 0.15) is 36.7 Å². The number of benzene rings is 1. The first-order valence-corrected chi connectivity index (χ1v) is 5.24. The highest BCUT2D eigenvalue weighted by Gasteiger charge is 2.19. The Morgan fingerprint density at radius 1 is 1.33 bits per heavy atom. The molecule has 1 unspecified atom stereocenters. The lowest BCUT2D eigenvalue weighted by Gasteiger charge is -2.22. The van der Waals surface area contributed by atoms with Gasteiger partial charge in [0.1, 0.15) is 0 Å². The lowest BCUT2D eigenvalue weighted by molar-refractivity contribution is -0.0563. The third-order valence-corrected chi connectivity index (χ3v) is 2.61. The fourth-order valence-corrected chi connectivity index (χ4v) is 1.80. The van der Waals surface area contributed by atoms with E-state index in [0.717, 1.165) is 36.0 Å². The van der Waals surface area contributed by atoms with E-state index >= 15 is 0 Å². The SMILES string of the molecule is [CH2]CCCC1=COC(O)c2ccccc21. The molecule has 15 heavy (non-hydrogen) atoms. The molecular weight excluding hydrogens is 188 g/mol. The summed E-state index contributed by atoms with van der Waals surface area (Å²) >= 11 is 0. The van der Waals surface area contributed by atoms with Gasteiger partial charge in [-0.25, -0.2) is 0 Å². The fraction of sp³-hybridized carbons (Fsp3) is 0.308. The molecule has 1 aromatic carbocycles. The van der Waals surface area contributed by atoms with Crippen LogP contribution < -0.4 is 0 Å². The van der Waals surface area contributed by atoms with Crippen LogP contribution in [-0.4, -0.2) is 5.11 Å². The molecular formula is C13H15O2. The summed E-state index contributed by atoms with van der Waals surface area (Å²) in [7, 11) is 0. The van der Waals surface area contributed by atoms with Gasteiger partial charge in [-0.3, -0.25) is 0 Å². The van der Waals surface area contributed by atoms with E-state index < -0.39 is 6.29 Å². The molecule has 2 nitrogen and oxygen atoms in total. The Bertz CT molecular complexity index is 369. The van der Waals surface area contributed by atoms with Gasteiger partial charge in [-0.1, -0.05) is 37.6 Å². The summed E-state index contributed by atoms with van der Waals surface area (Å²) in [6.45, 7) is 3.82. The van der Waals surface area contributed by atoms with Gasteiger partial charge in [0.2, 0.25) is 6.29 Å². The molecule has 0 bridgehead atoms. The number of fused-ring (bicyclic) bond motifs is 1. The quantitative estimate of drug-likeness (QED) is 0.818. The summed E-state index contributed by atoms with van der Waals surface area (Å²) in [4.78, 5) is 0. The van der Waals surface area contributed by atoms with Gasteiger partial charge in [0.25, 0.3) is 0 Å². The predicted octanol–water partition coefficient (Wildman–Crippen LogP) is 3.05. The topological polar surface area (TPSA) is 29.5 Å². The average Bonchev–Trinajstić information content (AvgIpc) is 2.29. The van der Waals surface area contributed by atoms with E-state index in [1.54, 1.807) is 6.26 Å². The first-order valence-electron chi connectivity index (χ1n) is 5.24. The Morgan fingerprint density at radius 2 is 2.13 bits per heavy atom. The van der Waals surface area contributed by atoms with Crippen LogP contribution in [0.3, 0.4) is 0 Å². The molecule has 0 fully saturated rings. The van der Waals surface area contributed by atoms with Crippen molar-refractivity contribution < 1.29 is 9.84 Å². The Kier molecular flexibility index (Phi) is 3.07. The molecule has 1 radical (unpaired) electrons. The normalized spacial score (nSPS) is 19.1. The average molecular weight is 203 g/mol. The van der Waals surface area contributed by atoms with Crippen molar-refractivity contribution >= 4 is 5.57 Å². The van der Waals surface area contributed by atoms with Gasteiger partial charge in [-0.05, 0) is 24.0 Å². The maximum absolute atomic E-state index is 9.63. The van der Waals surface area contributed by atoms with Crippen LogP contribution in [-0.2, 0) is 4.74 Å². The van der Waals surface area contributed by atoms with Crippen molar-refractivity contribution in [2.75, 3.05) is 0 Å². The molecule has 2 rings (SSSR count). The number of hydrogen-bond donors (Lipinski definition) is 1. The second-order valence-electron chi connectivity index (χ2n) is 3.68. The molecule has 1 atom stereocenters. The van der Waals surface area contributed by atoms with E-state index in [1.807, 2.05) is 24.3 Å². The number of allylic oxidation sites excluding steroid dienone is 1. The first-order chi connectivity index (χ1) is 7.33. The number of aliphatic hydroxyl groups is 1. The van der Waals surface area contributed by atoms with Crippen LogP contribution in [0.25, 0.3) is 5.57 Å². The summed E-state index contributed by atoms with van der Waals surface area (Å²) in [6, 6.07) is 7.82. The van der Waals surface area contributed by atoms with Crippen LogP contribution in [0, 0.1) is 6.92 Å². The van der Waals surface area contributed by atoms with E-state index in [0.29, 0.717) is 0 Å². The molecule has 1 aliphatic rings. The largest absolute Gasteiger partial charge is 0.468 e. The summed E-state index contributed by atoms with van der Waals surface area (Å²) in [5.74, 6) is 0. The Hall–Kier alpha value is -1.28.